The fourth-order valence-electron chi connectivity index (χ4n) is 9.36. The van der Waals surface area contributed by atoms with Crippen molar-refractivity contribution in [3.8, 4) is 40.2 Å². The van der Waals surface area contributed by atoms with Gasteiger partial charge in [0, 0.05) is 35.9 Å². The zero-order valence-electron chi connectivity index (χ0n) is 64.8. The molecule has 0 saturated heterocycles. The van der Waals surface area contributed by atoms with Crippen molar-refractivity contribution in [3.05, 3.63) is 152 Å². The van der Waals surface area contributed by atoms with Crippen molar-refractivity contribution >= 4 is 55.3 Å². The number of phenolic OH excluding ortho intramolecular Hbond substituents is 1. The summed E-state index contributed by atoms with van der Waals surface area (Å²) < 4.78 is 288. The molecule has 0 atom stereocenters. The predicted molar refractivity (Wildman–Crippen MR) is 389 cm³/mol. The number of ketones is 1. The standard InChI is InChI=1S/C24H41N2O3.C15H24O3S.C14H21N2O2.C14H12O6S.C6HF5O3S.ClHO4.F6P/c1-4-7-10-13-16-27-21-19-22(28-17-14-11-8-5-2)24(26-25)23(20-21)29-18-15-12-9-6-3;1-9(2)12-7-13(10(3)4)15(19(16,17)18)14(8-12)11(5)6;1-3-5-9-17-12-7-8-13(16-15)14(11-12)18-10-6-4-2;1-20-12-8-11(15)10(7-13(12)21(17,18)19)14(16)9-5-3-2-4-6-9;7-1-2(8)4(10)6(15(12,13)14)5(11)3(1)9;2-1(3,4)5;1-7(2,3,4,5)6/h19-20H,4-18H2,1-3H3;7-11H,1-6H3,(H,16,17,18);7-8,11H,3-6,9-10H2,1-2H3;2-8,15H,1H3,(H,17,18,19);(H,12,13,14);(H,2,3,4,5);/q+1;;+1;;;;-1/p-4. The summed E-state index contributed by atoms with van der Waals surface area (Å²) in [6, 6.07) is 22.4. The fraction of sp³-hybridized carbons (Fsp3) is 0.493. The number of halogens is 12. The summed E-state index contributed by atoms with van der Waals surface area (Å²) in [4.78, 5) is 15.8. The minimum absolute atomic E-state index is 0.00919. The van der Waals surface area contributed by atoms with E-state index in [0.29, 0.717) is 84.5 Å². The summed E-state index contributed by atoms with van der Waals surface area (Å²) in [5, 5.41) is 28.3. The zero-order valence-corrected chi connectivity index (χ0v) is 68.9. The van der Waals surface area contributed by atoms with E-state index in [4.69, 9.17) is 52.5 Å². The largest absolute Gasteiger partial charge is 0.744 e. The molecule has 25 nitrogen and oxygen atoms in total. The van der Waals surface area contributed by atoms with E-state index in [1.165, 1.54) is 57.1 Å². The second-order valence-corrected chi connectivity index (χ2v) is 32.2. The number of unbranched alkanes of at least 4 members (excludes halogenated alkanes) is 11. The van der Waals surface area contributed by atoms with Gasteiger partial charge in [0.1, 0.15) is 58.2 Å². The Labute approximate surface area is 659 Å². The van der Waals surface area contributed by atoms with Crippen LogP contribution < -0.4 is 47.1 Å². The summed E-state index contributed by atoms with van der Waals surface area (Å²) in [7, 11) is -29.5. The maximum Gasteiger partial charge on any atom is 0.200 e. The molecule has 0 saturated carbocycles. The third-order valence-electron chi connectivity index (χ3n) is 15.0. The second-order valence-electron chi connectivity index (χ2n) is 25.5. The number of methoxy groups -OCH3 is 1. The molecule has 1 N–H and O–H groups in total. The molecule has 0 aliphatic heterocycles. The van der Waals surface area contributed by atoms with Crippen LogP contribution >= 0.6 is 7.81 Å². The van der Waals surface area contributed by atoms with Crippen molar-refractivity contribution < 1.29 is 153 Å². The number of nitrogens with zero attached hydrogens (tertiary/aromatic N) is 4. The molecule has 0 unspecified atom stereocenters. The first-order chi connectivity index (χ1) is 52.6. The molecule has 0 aliphatic rings. The quantitative estimate of drug-likeness (QED) is 0.00564. The molecule has 0 heterocycles. The van der Waals surface area contributed by atoms with E-state index in [0.717, 1.165) is 88.3 Å². The van der Waals surface area contributed by atoms with E-state index < -0.39 is 98.8 Å². The van der Waals surface area contributed by atoms with Crippen LogP contribution in [0, 0.1) is 50.1 Å². The second kappa shape index (κ2) is 49.1. The Balaban J connectivity index is 0.00000137. The number of hydrogen-bond acceptors (Lipinski definition) is 23. The Kier molecular flexibility index (Phi) is 45.6. The molecule has 644 valence electrons. The van der Waals surface area contributed by atoms with Gasteiger partial charge in [-0.25, -0.2) is 65.8 Å². The number of ether oxygens (including phenoxy) is 6. The first-order valence-corrected chi connectivity index (χ1v) is 43.0. The molecular weight excluding hydrogens is 1640 g/mol. The van der Waals surface area contributed by atoms with Gasteiger partial charge in [-0.3, -0.25) is 4.79 Å². The first-order valence-electron chi connectivity index (χ1n) is 35.5. The number of phenols is 1. The van der Waals surface area contributed by atoms with Gasteiger partial charge in [0.25, 0.3) is 0 Å². The number of diazo groups is 2. The van der Waals surface area contributed by atoms with Crippen LogP contribution in [0.5, 0.6) is 40.2 Å². The zero-order chi connectivity index (χ0) is 87.8. The third kappa shape index (κ3) is 43.1. The summed E-state index contributed by atoms with van der Waals surface area (Å²) in [5.41, 5.74) is 3.14. The summed E-state index contributed by atoms with van der Waals surface area (Å²) in [5.74, 6) is -10.8. The Morgan fingerprint density at radius 2 is 0.833 bits per heavy atom. The van der Waals surface area contributed by atoms with Crippen molar-refractivity contribution in [2.45, 2.75) is 211 Å². The molecular formula is C73H96ClF11N4O21PS3-3. The van der Waals surface area contributed by atoms with Gasteiger partial charge < -0.3 is 47.2 Å². The third-order valence-corrected chi connectivity index (χ3v) is 17.7. The number of rotatable bonds is 35. The maximum atomic E-state index is 12.6. The van der Waals surface area contributed by atoms with Crippen molar-refractivity contribution in [2.24, 2.45) is 0 Å². The minimum Gasteiger partial charge on any atom is -0.744 e. The van der Waals surface area contributed by atoms with Gasteiger partial charge >= 0.3 is 44.4 Å². The molecule has 0 aromatic heterocycles. The topological polar surface area (TPSA) is 413 Å². The molecule has 0 spiro atoms. The Morgan fingerprint density at radius 1 is 0.465 bits per heavy atom. The average Bonchev–Trinajstić information content (AvgIpc) is 0.795. The molecule has 6 aromatic rings. The first kappa shape index (κ1) is 106. The molecule has 6 aromatic carbocycles. The van der Waals surface area contributed by atoms with Crippen LogP contribution in [0.15, 0.2) is 99.6 Å². The smallest absolute Gasteiger partial charge is 0.200 e. The van der Waals surface area contributed by atoms with E-state index in [1.54, 1.807) is 36.4 Å². The van der Waals surface area contributed by atoms with Crippen molar-refractivity contribution in [1.82, 2.24) is 0 Å². The molecule has 6 rings (SSSR count). The minimum atomic E-state index is -10.7. The van der Waals surface area contributed by atoms with Crippen LogP contribution in [0.1, 0.15) is 229 Å². The number of carbonyl (C=O) groups excluding carboxylic acids is 1. The van der Waals surface area contributed by atoms with Gasteiger partial charge in [0.2, 0.25) is 33.9 Å². The molecule has 114 heavy (non-hydrogen) atoms. The van der Waals surface area contributed by atoms with Crippen LogP contribution in [0.4, 0.5) is 58.5 Å². The van der Waals surface area contributed by atoms with Gasteiger partial charge in [0.05, 0.1) is 55.5 Å². The SMILES string of the molecule is CC(C)c1cc(C(C)C)c(S(=O)(=O)[O-])c(C(C)C)c1.CCCCCCOc1cc(OCCCCCC)c([N+]#N)c(OCCCCCC)c1.CCCCOc1ccc([N+]#N)c(OCCCC)c1.COc1cc(O)c(C(=O)c2ccccc2)cc1S(=O)(=O)[O-].F[P-](F)(F)(F)(F)F.O=S(=O)([O-])c1c(F)c(F)c(F)c(F)c1F.[O-][Cl+3]([O-])([O-])[O-]. The van der Waals surface area contributed by atoms with Gasteiger partial charge in [-0.2, -0.15) is 0 Å². The number of carbonyl (C=O) groups is 1. The average molecular weight is 1740 g/mol. The Bertz CT molecular complexity index is 4340. The number of hydrogen-bond donors (Lipinski definition) is 1. The summed E-state index contributed by atoms with van der Waals surface area (Å²) >= 11 is 0. The molecule has 0 aliphatic carbocycles. The van der Waals surface area contributed by atoms with E-state index in [1.807, 2.05) is 52.0 Å². The molecule has 41 heteroatoms. The molecule has 0 radical (unpaired) electrons. The van der Waals surface area contributed by atoms with Crippen molar-refractivity contribution in [2.75, 3.05) is 40.1 Å². The number of benzene rings is 6. The molecule has 0 amide bonds. The monoisotopic (exact) mass is 1740 g/mol. The van der Waals surface area contributed by atoms with E-state index >= 15 is 0 Å². The Hall–Kier alpha value is -8.05. The predicted octanol–water partition coefficient (Wildman–Crippen LogP) is 18.0. The van der Waals surface area contributed by atoms with Gasteiger partial charge in [-0.05, 0) is 78.7 Å². The van der Waals surface area contributed by atoms with E-state index in [9.17, 15) is 101 Å². The molecule has 0 fully saturated rings. The fourth-order valence-corrected chi connectivity index (χ4v) is 11.8. The van der Waals surface area contributed by atoms with E-state index in [2.05, 4.69) is 58.4 Å². The normalized spacial score (nSPS) is 11.9. The van der Waals surface area contributed by atoms with Crippen LogP contribution in [-0.4, -0.2) is 89.9 Å². The van der Waals surface area contributed by atoms with E-state index in [-0.39, 0.29) is 33.6 Å². The van der Waals surface area contributed by atoms with Crippen LogP contribution in [-0.2, 0) is 30.4 Å². The number of aromatic hydroxyl groups is 1. The van der Waals surface area contributed by atoms with Gasteiger partial charge in [-0.15, -0.1) is 10.2 Å². The molecule has 0 bridgehead atoms. The summed E-state index contributed by atoms with van der Waals surface area (Å²) in [6.45, 7) is 25.8. The van der Waals surface area contributed by atoms with Gasteiger partial charge in [0.15, 0.2) is 39.0 Å². The van der Waals surface area contributed by atoms with Crippen LogP contribution in [0.25, 0.3) is 9.95 Å². The maximum absolute atomic E-state index is 12.6. The van der Waals surface area contributed by atoms with Crippen LogP contribution in [0.2, 0.25) is 0 Å². The Morgan fingerprint density at radius 3 is 1.19 bits per heavy atom. The van der Waals surface area contributed by atoms with Gasteiger partial charge in [-0.1, -0.05) is 189 Å². The summed E-state index contributed by atoms with van der Waals surface area (Å²) in [6.07, 6.45) is 17.8. The van der Waals surface area contributed by atoms with Crippen LogP contribution in [0.3, 0.4) is 0 Å². The van der Waals surface area contributed by atoms with Crippen molar-refractivity contribution in [3.63, 3.8) is 0 Å². The van der Waals surface area contributed by atoms with Crippen molar-refractivity contribution in [1.29, 1.82) is 10.8 Å².